The summed E-state index contributed by atoms with van der Waals surface area (Å²) in [6.07, 6.45) is 7.06. The second kappa shape index (κ2) is 9.87. The minimum absolute atomic E-state index is 0. The second-order valence-corrected chi connectivity index (χ2v) is 7.41. The zero-order valence-corrected chi connectivity index (χ0v) is 16.4. The van der Waals surface area contributed by atoms with E-state index in [0.29, 0.717) is 12.0 Å². The molecule has 0 saturated carbocycles. The third kappa shape index (κ3) is 5.26. The van der Waals surface area contributed by atoms with Crippen molar-refractivity contribution in [3.63, 3.8) is 0 Å². The molecule has 1 aromatic heterocycles. The zero-order chi connectivity index (χ0) is 15.4. The summed E-state index contributed by atoms with van der Waals surface area (Å²) in [5.41, 5.74) is 0.342. The van der Waals surface area contributed by atoms with Crippen molar-refractivity contribution in [3.05, 3.63) is 12.4 Å². The summed E-state index contributed by atoms with van der Waals surface area (Å²) in [5.74, 6) is 0.995. The van der Waals surface area contributed by atoms with Crippen LogP contribution >= 0.6 is 36.6 Å². The number of hydrogen-bond acceptors (Lipinski definition) is 5. The molecule has 6 nitrogen and oxygen atoms in total. The first-order valence-electron chi connectivity index (χ1n) is 8.01. The Morgan fingerprint density at radius 1 is 1.46 bits per heavy atom. The highest BCUT2D eigenvalue weighted by Crippen LogP contribution is 2.37. The predicted molar refractivity (Wildman–Crippen MR) is 102 cm³/mol. The van der Waals surface area contributed by atoms with E-state index in [1.54, 1.807) is 18.0 Å². The summed E-state index contributed by atoms with van der Waals surface area (Å²) in [7, 11) is 1.98. The highest BCUT2D eigenvalue weighted by Gasteiger charge is 2.41. The van der Waals surface area contributed by atoms with Crippen LogP contribution < -0.4 is 16.0 Å². The Kier molecular flexibility index (Phi) is 8.87. The van der Waals surface area contributed by atoms with Crippen LogP contribution in [0.25, 0.3) is 0 Å². The lowest BCUT2D eigenvalue weighted by Gasteiger charge is -2.33. The van der Waals surface area contributed by atoms with E-state index in [1.165, 1.54) is 12.8 Å². The van der Waals surface area contributed by atoms with Gasteiger partial charge in [0, 0.05) is 38.3 Å². The average molecular weight is 396 g/mol. The minimum Gasteiger partial charge on any atom is -0.354 e. The van der Waals surface area contributed by atoms with Crippen molar-refractivity contribution < 1.29 is 4.79 Å². The maximum absolute atomic E-state index is 12.3. The number of carbonyl (C=O) groups excluding carboxylic acids is 1. The van der Waals surface area contributed by atoms with Crippen LogP contribution in [0, 0.1) is 5.41 Å². The Morgan fingerprint density at radius 2 is 2.21 bits per heavy atom. The van der Waals surface area contributed by atoms with Gasteiger partial charge in [-0.2, -0.15) is 0 Å². The smallest absolute Gasteiger partial charge is 0.237 e. The van der Waals surface area contributed by atoms with Crippen molar-refractivity contribution in [2.45, 2.75) is 30.5 Å². The number of thioether (sulfide) groups is 1. The molecule has 2 aliphatic heterocycles. The van der Waals surface area contributed by atoms with Crippen molar-refractivity contribution in [1.82, 2.24) is 25.5 Å². The van der Waals surface area contributed by atoms with Crippen LogP contribution in [0.4, 0.5) is 0 Å². The molecule has 3 N–H and O–H groups in total. The Hall–Kier alpha value is -0.470. The molecule has 1 unspecified atom stereocenters. The highest BCUT2D eigenvalue weighted by atomic mass is 35.5. The average Bonchev–Trinajstić information content (AvgIpc) is 3.12. The van der Waals surface area contributed by atoms with Gasteiger partial charge >= 0.3 is 0 Å². The summed E-state index contributed by atoms with van der Waals surface area (Å²) >= 11 is 1.67. The van der Waals surface area contributed by atoms with Gasteiger partial charge in [0.05, 0.1) is 6.04 Å². The van der Waals surface area contributed by atoms with Crippen LogP contribution in [0.1, 0.15) is 19.3 Å². The monoisotopic (exact) mass is 395 g/mol. The Balaban J connectivity index is 0.00000144. The molecule has 0 aromatic carbocycles. The van der Waals surface area contributed by atoms with Gasteiger partial charge in [0.25, 0.3) is 0 Å². The van der Waals surface area contributed by atoms with E-state index in [-0.39, 0.29) is 36.8 Å². The lowest BCUT2D eigenvalue weighted by molar-refractivity contribution is -0.122. The number of nitrogens with one attached hydrogen (secondary N) is 3. The first-order chi connectivity index (χ1) is 10.7. The summed E-state index contributed by atoms with van der Waals surface area (Å²) in [6.45, 7) is 3.82. The molecule has 2 fully saturated rings. The Labute approximate surface area is 160 Å². The topological polar surface area (TPSA) is 71.0 Å². The predicted octanol–water partition coefficient (Wildman–Crippen LogP) is 1.20. The number of hydrogen-bond donors (Lipinski definition) is 3. The molecule has 138 valence electrons. The number of amides is 1. The molecule has 1 aromatic rings. The van der Waals surface area contributed by atoms with Crippen LogP contribution in [0.15, 0.2) is 17.6 Å². The molecule has 0 aliphatic carbocycles. The van der Waals surface area contributed by atoms with Crippen LogP contribution in [-0.2, 0) is 11.8 Å². The number of halogens is 2. The first kappa shape index (κ1) is 21.6. The second-order valence-electron chi connectivity index (χ2n) is 6.35. The number of nitrogens with zero attached hydrogens (tertiary/aromatic N) is 2. The maximum atomic E-state index is 12.3. The first-order valence-corrected chi connectivity index (χ1v) is 8.99. The van der Waals surface area contributed by atoms with E-state index in [1.807, 2.05) is 17.8 Å². The van der Waals surface area contributed by atoms with E-state index < -0.39 is 0 Å². The SMILES string of the molecule is Cl.Cl.Cn1ccnc1SCCNC(=O)C1CC2(CCNCC2)CN1. The van der Waals surface area contributed by atoms with E-state index in [0.717, 1.165) is 37.0 Å². The maximum Gasteiger partial charge on any atom is 0.237 e. The fourth-order valence-electron chi connectivity index (χ4n) is 3.37. The summed E-state index contributed by atoms with van der Waals surface area (Å²) in [4.78, 5) is 16.5. The number of aryl methyl sites for hydroxylation is 1. The van der Waals surface area contributed by atoms with Crippen LogP contribution in [0.2, 0.25) is 0 Å². The molecule has 1 amide bonds. The molecule has 2 aliphatic rings. The van der Waals surface area contributed by atoms with Gasteiger partial charge in [-0.1, -0.05) is 11.8 Å². The molecule has 3 heterocycles. The number of imidazole rings is 1. The molecule has 0 bridgehead atoms. The van der Waals surface area contributed by atoms with Gasteiger partial charge < -0.3 is 20.5 Å². The van der Waals surface area contributed by atoms with Gasteiger partial charge in [0.1, 0.15) is 0 Å². The molecule has 9 heteroatoms. The van der Waals surface area contributed by atoms with Crippen molar-refractivity contribution in [3.8, 4) is 0 Å². The molecule has 1 atom stereocenters. The normalized spacial score (nSPS) is 21.8. The van der Waals surface area contributed by atoms with E-state index in [9.17, 15) is 4.79 Å². The third-order valence-electron chi connectivity index (χ3n) is 4.75. The number of aromatic nitrogens is 2. The largest absolute Gasteiger partial charge is 0.354 e. The number of rotatable bonds is 5. The quantitative estimate of drug-likeness (QED) is 0.516. The Bertz CT molecular complexity index is 522. The van der Waals surface area contributed by atoms with Gasteiger partial charge in [-0.3, -0.25) is 4.79 Å². The molecular weight excluding hydrogens is 369 g/mol. The minimum atomic E-state index is -0.0174. The zero-order valence-electron chi connectivity index (χ0n) is 13.9. The number of carbonyl (C=O) groups is 1. The van der Waals surface area contributed by atoms with Crippen LogP contribution in [-0.4, -0.2) is 53.4 Å². The lowest BCUT2D eigenvalue weighted by atomic mass is 9.77. The fraction of sp³-hybridized carbons (Fsp3) is 0.733. The van der Waals surface area contributed by atoms with Crippen LogP contribution in [0.5, 0.6) is 0 Å². The van der Waals surface area contributed by atoms with Gasteiger partial charge in [-0.15, -0.1) is 24.8 Å². The van der Waals surface area contributed by atoms with Crippen LogP contribution in [0.3, 0.4) is 0 Å². The highest BCUT2D eigenvalue weighted by molar-refractivity contribution is 7.99. The summed E-state index contributed by atoms with van der Waals surface area (Å²) < 4.78 is 1.99. The summed E-state index contributed by atoms with van der Waals surface area (Å²) in [5, 5.41) is 10.9. The molecule has 24 heavy (non-hydrogen) atoms. The van der Waals surface area contributed by atoms with Gasteiger partial charge in [0.2, 0.25) is 5.91 Å². The van der Waals surface area contributed by atoms with Gasteiger partial charge in [-0.25, -0.2) is 4.98 Å². The van der Waals surface area contributed by atoms with Crippen molar-refractivity contribution >= 4 is 42.5 Å². The van der Waals surface area contributed by atoms with Gasteiger partial charge in [-0.05, 0) is 37.8 Å². The molecule has 1 spiro atoms. The fourth-order valence-corrected chi connectivity index (χ4v) is 4.16. The Morgan fingerprint density at radius 3 is 2.88 bits per heavy atom. The third-order valence-corrected chi connectivity index (χ3v) is 5.81. The van der Waals surface area contributed by atoms with E-state index in [2.05, 4.69) is 20.9 Å². The molecule has 0 radical (unpaired) electrons. The molecule has 2 saturated heterocycles. The van der Waals surface area contributed by atoms with Gasteiger partial charge in [0.15, 0.2) is 5.16 Å². The van der Waals surface area contributed by atoms with Crippen molar-refractivity contribution in [1.29, 1.82) is 0 Å². The lowest BCUT2D eigenvalue weighted by Crippen LogP contribution is -2.41. The van der Waals surface area contributed by atoms with E-state index in [4.69, 9.17) is 0 Å². The standard InChI is InChI=1S/C15H25N5OS.2ClH/c1-20-8-6-18-14(20)22-9-7-17-13(21)12-10-15(11-19-12)2-4-16-5-3-15;;/h6,8,12,16,19H,2-5,7,9-11H2,1H3,(H,17,21);2*1H. The molecular formula is C15H27Cl2N5OS. The summed E-state index contributed by atoms with van der Waals surface area (Å²) in [6, 6.07) is -0.0174. The molecule has 3 rings (SSSR count). The van der Waals surface area contributed by atoms with Crippen molar-refractivity contribution in [2.75, 3.05) is 31.9 Å². The van der Waals surface area contributed by atoms with E-state index >= 15 is 0 Å². The van der Waals surface area contributed by atoms with Crippen molar-refractivity contribution in [2.24, 2.45) is 12.5 Å². The number of piperidine rings is 1.